The monoisotopic (exact) mass is 890 g/mol. The van der Waals surface area contributed by atoms with Crippen molar-refractivity contribution in [3.8, 4) is 0 Å². The van der Waals surface area contributed by atoms with E-state index in [-0.39, 0.29) is 18.5 Å². The molecule has 0 bridgehead atoms. The maximum absolute atomic E-state index is 12.5. The average molecular weight is 891 g/mol. The molecule has 374 valence electrons. The van der Waals surface area contributed by atoms with E-state index < -0.39 is 12.1 Å². The standard InChI is InChI=1S/C57H111NO5/c1-3-5-7-9-11-13-15-17-18-20-23-26-29-33-37-41-45-49-55(60)54(53-59)58-56(61)50-46-42-38-34-30-27-24-21-19-22-25-28-32-36-40-44-48-52-63-57(62)51-47-43-39-35-31-16-14-12-10-8-6-4-2/h19,22,54-55,59-60H,3-18,20-21,23-53H2,1-2H3,(H,58,61)/b22-19-. The van der Waals surface area contributed by atoms with Crippen LogP contribution in [0.4, 0.5) is 0 Å². The van der Waals surface area contributed by atoms with E-state index in [0.717, 1.165) is 51.4 Å². The number of unbranched alkanes of at least 4 members (excludes halogenated alkanes) is 40. The molecule has 0 aromatic rings. The Labute approximate surface area is 393 Å². The number of ether oxygens (including phenoxy) is 1. The van der Waals surface area contributed by atoms with Crippen LogP contribution >= 0.6 is 0 Å². The van der Waals surface area contributed by atoms with Crippen LogP contribution in [0.1, 0.15) is 316 Å². The van der Waals surface area contributed by atoms with Crippen molar-refractivity contribution in [1.29, 1.82) is 0 Å². The quantitative estimate of drug-likeness (QED) is 0.0321. The summed E-state index contributed by atoms with van der Waals surface area (Å²) >= 11 is 0. The van der Waals surface area contributed by atoms with Gasteiger partial charge in [0.2, 0.25) is 5.91 Å². The van der Waals surface area contributed by atoms with E-state index in [0.29, 0.717) is 25.9 Å². The molecule has 0 heterocycles. The number of allylic oxidation sites excluding steroid dienone is 2. The first-order valence-electron chi connectivity index (χ1n) is 28.4. The van der Waals surface area contributed by atoms with E-state index in [9.17, 15) is 19.8 Å². The highest BCUT2D eigenvalue weighted by Gasteiger charge is 2.20. The average Bonchev–Trinajstić information content (AvgIpc) is 3.28. The number of amides is 1. The number of aliphatic hydroxyl groups excluding tert-OH is 2. The summed E-state index contributed by atoms with van der Waals surface area (Å²) in [5.41, 5.74) is 0. The summed E-state index contributed by atoms with van der Waals surface area (Å²) in [4.78, 5) is 24.5. The van der Waals surface area contributed by atoms with Crippen molar-refractivity contribution in [3.63, 3.8) is 0 Å². The Bertz CT molecular complexity index is 939. The third-order valence-corrected chi connectivity index (χ3v) is 13.3. The van der Waals surface area contributed by atoms with E-state index in [1.165, 1.54) is 231 Å². The van der Waals surface area contributed by atoms with E-state index in [1.807, 2.05) is 0 Å². The molecule has 0 spiro atoms. The summed E-state index contributed by atoms with van der Waals surface area (Å²) in [6.45, 7) is 4.95. The zero-order chi connectivity index (χ0) is 45.8. The number of nitrogens with one attached hydrogen (secondary N) is 1. The molecule has 6 heteroatoms. The van der Waals surface area contributed by atoms with Gasteiger partial charge >= 0.3 is 5.97 Å². The summed E-state index contributed by atoms with van der Waals surface area (Å²) in [7, 11) is 0. The Morgan fingerprint density at radius 2 is 0.746 bits per heavy atom. The summed E-state index contributed by atoms with van der Waals surface area (Å²) in [6, 6.07) is -0.549. The van der Waals surface area contributed by atoms with E-state index in [1.54, 1.807) is 0 Å². The summed E-state index contributed by atoms with van der Waals surface area (Å²) in [5, 5.41) is 23.3. The highest BCUT2D eigenvalue weighted by atomic mass is 16.5. The molecule has 0 aliphatic heterocycles. The van der Waals surface area contributed by atoms with Crippen LogP contribution in [0.25, 0.3) is 0 Å². The molecule has 0 saturated heterocycles. The van der Waals surface area contributed by atoms with Gasteiger partial charge < -0.3 is 20.3 Å². The van der Waals surface area contributed by atoms with Crippen LogP contribution in [0.15, 0.2) is 12.2 Å². The van der Waals surface area contributed by atoms with Gasteiger partial charge in [0.25, 0.3) is 0 Å². The molecule has 0 aromatic carbocycles. The molecular weight excluding hydrogens is 779 g/mol. The second-order valence-corrected chi connectivity index (χ2v) is 19.6. The van der Waals surface area contributed by atoms with Crippen LogP contribution in [-0.2, 0) is 14.3 Å². The zero-order valence-corrected chi connectivity index (χ0v) is 42.6. The minimum atomic E-state index is -0.671. The molecule has 0 rings (SSSR count). The third-order valence-electron chi connectivity index (χ3n) is 13.3. The van der Waals surface area contributed by atoms with Crippen molar-refractivity contribution in [2.24, 2.45) is 0 Å². The van der Waals surface area contributed by atoms with E-state index in [2.05, 4.69) is 31.3 Å². The largest absolute Gasteiger partial charge is 0.466 e. The SMILES string of the molecule is CCCCCCCCCCCCCCCCCCCC(O)C(CO)NC(=O)CCCCCCCCC/C=C\CCCCCCCCOC(=O)CCCCCCCCCCCCCC. The smallest absolute Gasteiger partial charge is 0.305 e. The normalized spacial score (nSPS) is 12.6. The van der Waals surface area contributed by atoms with Gasteiger partial charge in [-0.2, -0.15) is 0 Å². The number of hydrogen-bond donors (Lipinski definition) is 3. The van der Waals surface area contributed by atoms with Gasteiger partial charge in [-0.3, -0.25) is 9.59 Å². The topological polar surface area (TPSA) is 95.9 Å². The molecule has 0 radical (unpaired) electrons. The third kappa shape index (κ3) is 49.9. The number of esters is 1. The summed E-state index contributed by atoms with van der Waals surface area (Å²) in [6.07, 6.45) is 61.9. The molecule has 6 nitrogen and oxygen atoms in total. The molecular formula is C57H111NO5. The first-order chi connectivity index (χ1) is 31.0. The first kappa shape index (κ1) is 61.6. The number of carbonyl (C=O) groups excluding carboxylic acids is 2. The molecule has 0 aliphatic carbocycles. The highest BCUT2D eigenvalue weighted by molar-refractivity contribution is 5.76. The van der Waals surface area contributed by atoms with Gasteiger partial charge in [0, 0.05) is 12.8 Å². The van der Waals surface area contributed by atoms with Gasteiger partial charge in [0.05, 0.1) is 25.4 Å². The maximum Gasteiger partial charge on any atom is 0.305 e. The fraction of sp³-hybridized carbons (Fsp3) is 0.930. The van der Waals surface area contributed by atoms with Gasteiger partial charge in [-0.15, -0.1) is 0 Å². The van der Waals surface area contributed by atoms with Crippen LogP contribution in [-0.4, -0.2) is 47.4 Å². The van der Waals surface area contributed by atoms with Crippen molar-refractivity contribution in [2.45, 2.75) is 328 Å². The van der Waals surface area contributed by atoms with Crippen LogP contribution in [0.3, 0.4) is 0 Å². The zero-order valence-electron chi connectivity index (χ0n) is 42.6. The molecule has 0 saturated carbocycles. The second-order valence-electron chi connectivity index (χ2n) is 19.6. The summed E-state index contributed by atoms with van der Waals surface area (Å²) < 4.78 is 5.46. The molecule has 0 aliphatic rings. The van der Waals surface area contributed by atoms with Crippen molar-refractivity contribution in [2.75, 3.05) is 13.2 Å². The Morgan fingerprint density at radius 3 is 1.13 bits per heavy atom. The van der Waals surface area contributed by atoms with Crippen LogP contribution < -0.4 is 5.32 Å². The van der Waals surface area contributed by atoms with Crippen molar-refractivity contribution in [1.82, 2.24) is 5.32 Å². The Balaban J connectivity index is 3.45. The maximum atomic E-state index is 12.5. The number of aliphatic hydroxyl groups is 2. The predicted octanol–water partition coefficient (Wildman–Crippen LogP) is 17.3. The fourth-order valence-electron chi connectivity index (χ4n) is 8.93. The lowest BCUT2D eigenvalue weighted by molar-refractivity contribution is -0.143. The van der Waals surface area contributed by atoms with Crippen LogP contribution in [0, 0.1) is 0 Å². The van der Waals surface area contributed by atoms with Crippen molar-refractivity contribution in [3.05, 3.63) is 12.2 Å². The molecule has 2 unspecified atom stereocenters. The minimum Gasteiger partial charge on any atom is -0.466 e. The van der Waals surface area contributed by atoms with Crippen LogP contribution in [0.5, 0.6) is 0 Å². The lowest BCUT2D eigenvalue weighted by Crippen LogP contribution is -2.45. The number of carbonyl (C=O) groups is 2. The highest BCUT2D eigenvalue weighted by Crippen LogP contribution is 2.17. The van der Waals surface area contributed by atoms with E-state index >= 15 is 0 Å². The lowest BCUT2D eigenvalue weighted by atomic mass is 10.0. The van der Waals surface area contributed by atoms with Gasteiger partial charge in [0.1, 0.15) is 0 Å². The van der Waals surface area contributed by atoms with Gasteiger partial charge in [0.15, 0.2) is 0 Å². The van der Waals surface area contributed by atoms with Gasteiger partial charge in [-0.1, -0.05) is 264 Å². The predicted molar refractivity (Wildman–Crippen MR) is 273 cm³/mol. The Kier molecular flexibility index (Phi) is 52.0. The van der Waals surface area contributed by atoms with Crippen LogP contribution in [0.2, 0.25) is 0 Å². The fourth-order valence-corrected chi connectivity index (χ4v) is 8.93. The molecule has 0 aromatic heterocycles. The number of rotatable bonds is 53. The lowest BCUT2D eigenvalue weighted by Gasteiger charge is -2.22. The Hall–Kier alpha value is -1.40. The molecule has 63 heavy (non-hydrogen) atoms. The first-order valence-corrected chi connectivity index (χ1v) is 28.4. The second kappa shape index (κ2) is 53.2. The van der Waals surface area contributed by atoms with Gasteiger partial charge in [-0.05, 0) is 51.4 Å². The Morgan fingerprint density at radius 1 is 0.429 bits per heavy atom. The molecule has 3 N–H and O–H groups in total. The minimum absolute atomic E-state index is 0.000582. The molecule has 2 atom stereocenters. The summed E-state index contributed by atoms with van der Waals surface area (Å²) in [5.74, 6) is -0.0451. The molecule has 1 amide bonds. The van der Waals surface area contributed by atoms with Gasteiger partial charge in [-0.25, -0.2) is 0 Å². The number of hydrogen-bond acceptors (Lipinski definition) is 5. The molecule has 0 fully saturated rings. The van der Waals surface area contributed by atoms with Crippen molar-refractivity contribution >= 4 is 11.9 Å². The van der Waals surface area contributed by atoms with Crippen molar-refractivity contribution < 1.29 is 24.5 Å². The van der Waals surface area contributed by atoms with E-state index in [4.69, 9.17) is 4.74 Å².